The Morgan fingerprint density at radius 1 is 1.25 bits per heavy atom. The van der Waals surface area contributed by atoms with E-state index in [0.717, 1.165) is 4.99 Å². The van der Waals surface area contributed by atoms with Crippen LogP contribution in [-0.4, -0.2) is 11.0 Å². The molecule has 0 atom stereocenters. The van der Waals surface area contributed by atoms with E-state index in [4.69, 9.17) is 12.2 Å². The van der Waals surface area contributed by atoms with Gasteiger partial charge < -0.3 is 5.32 Å². The van der Waals surface area contributed by atoms with Gasteiger partial charge in [0.25, 0.3) is 0 Å². The first kappa shape index (κ1) is 9.97. The molecule has 1 saturated carbocycles. The van der Waals surface area contributed by atoms with E-state index in [1.54, 1.807) is 0 Å². The van der Waals surface area contributed by atoms with Crippen LogP contribution in [0.15, 0.2) is 0 Å². The summed E-state index contributed by atoms with van der Waals surface area (Å²) in [5.74, 6) is 0.502. The Kier molecular flexibility index (Phi) is 3.99. The van der Waals surface area contributed by atoms with Gasteiger partial charge >= 0.3 is 0 Å². The van der Waals surface area contributed by atoms with Crippen LogP contribution in [0.1, 0.15) is 46.0 Å². The molecule has 0 heterocycles. The maximum atomic E-state index is 5.25. The molecule has 1 aliphatic rings. The third kappa shape index (κ3) is 3.10. The molecule has 1 aliphatic carbocycles. The highest BCUT2D eigenvalue weighted by atomic mass is 32.1. The third-order valence-electron chi connectivity index (χ3n) is 2.48. The summed E-state index contributed by atoms with van der Waals surface area (Å²) in [5, 5.41) is 3.45. The lowest BCUT2D eigenvalue weighted by Gasteiger charge is -2.25. The average molecular weight is 185 g/mol. The summed E-state index contributed by atoms with van der Waals surface area (Å²) in [6.45, 7) is 4.30. The molecule has 1 nitrogen and oxygen atoms in total. The highest BCUT2D eigenvalue weighted by Gasteiger charge is 2.14. The summed E-state index contributed by atoms with van der Waals surface area (Å²) in [4.78, 5) is 1.04. The SMILES string of the molecule is CC(C)C(=S)NC1CCCCC1. The predicted molar refractivity (Wildman–Crippen MR) is 57.4 cm³/mol. The smallest absolute Gasteiger partial charge is 0.0781 e. The largest absolute Gasteiger partial charge is 0.377 e. The number of nitrogens with one attached hydrogen (secondary N) is 1. The van der Waals surface area contributed by atoms with Crippen LogP contribution < -0.4 is 5.32 Å². The predicted octanol–water partition coefficient (Wildman–Crippen LogP) is 2.89. The average Bonchev–Trinajstić information content (AvgIpc) is 2.06. The molecule has 0 radical (unpaired) electrons. The van der Waals surface area contributed by atoms with Gasteiger partial charge in [-0.1, -0.05) is 45.3 Å². The van der Waals surface area contributed by atoms with Crippen molar-refractivity contribution in [2.75, 3.05) is 0 Å². The van der Waals surface area contributed by atoms with Crippen LogP contribution in [0.4, 0.5) is 0 Å². The van der Waals surface area contributed by atoms with Gasteiger partial charge in [0.05, 0.1) is 4.99 Å². The van der Waals surface area contributed by atoms with E-state index in [-0.39, 0.29) is 0 Å². The quantitative estimate of drug-likeness (QED) is 0.664. The summed E-state index contributed by atoms with van der Waals surface area (Å²) in [7, 11) is 0. The zero-order chi connectivity index (χ0) is 8.97. The Balaban J connectivity index is 2.24. The number of hydrogen-bond acceptors (Lipinski definition) is 1. The lowest BCUT2D eigenvalue weighted by Crippen LogP contribution is -2.37. The maximum Gasteiger partial charge on any atom is 0.0781 e. The lowest BCUT2D eigenvalue weighted by molar-refractivity contribution is 0.411. The van der Waals surface area contributed by atoms with Crippen molar-refractivity contribution in [2.24, 2.45) is 5.92 Å². The fourth-order valence-corrected chi connectivity index (χ4v) is 1.78. The maximum absolute atomic E-state index is 5.25. The van der Waals surface area contributed by atoms with Crippen LogP contribution in [0, 0.1) is 5.92 Å². The first-order chi connectivity index (χ1) is 5.70. The van der Waals surface area contributed by atoms with Crippen LogP contribution in [-0.2, 0) is 0 Å². The van der Waals surface area contributed by atoms with E-state index >= 15 is 0 Å². The van der Waals surface area contributed by atoms with Crippen LogP contribution in [0.3, 0.4) is 0 Å². The van der Waals surface area contributed by atoms with Crippen LogP contribution in [0.25, 0.3) is 0 Å². The Morgan fingerprint density at radius 3 is 2.33 bits per heavy atom. The first-order valence-corrected chi connectivity index (χ1v) is 5.41. The van der Waals surface area contributed by atoms with E-state index < -0.39 is 0 Å². The van der Waals surface area contributed by atoms with Crippen molar-refractivity contribution in [2.45, 2.75) is 52.0 Å². The van der Waals surface area contributed by atoms with Crippen molar-refractivity contribution in [3.8, 4) is 0 Å². The molecule has 0 amide bonds. The molecule has 1 fully saturated rings. The van der Waals surface area contributed by atoms with Crippen molar-refractivity contribution >= 4 is 17.2 Å². The molecule has 1 rings (SSSR count). The highest BCUT2D eigenvalue weighted by molar-refractivity contribution is 7.80. The fourth-order valence-electron chi connectivity index (χ4n) is 1.61. The van der Waals surface area contributed by atoms with Crippen molar-refractivity contribution in [3.63, 3.8) is 0 Å². The second kappa shape index (κ2) is 4.80. The topological polar surface area (TPSA) is 12.0 Å². The van der Waals surface area contributed by atoms with Gasteiger partial charge in [0.15, 0.2) is 0 Å². The highest BCUT2D eigenvalue weighted by Crippen LogP contribution is 2.17. The molecular formula is C10H19NS. The van der Waals surface area contributed by atoms with Gasteiger partial charge in [-0.2, -0.15) is 0 Å². The number of hydrogen-bond donors (Lipinski definition) is 1. The molecular weight excluding hydrogens is 166 g/mol. The molecule has 0 unspecified atom stereocenters. The normalized spacial score (nSPS) is 19.6. The summed E-state index contributed by atoms with van der Waals surface area (Å²) >= 11 is 5.25. The van der Waals surface area contributed by atoms with E-state index in [1.807, 2.05) is 0 Å². The van der Waals surface area contributed by atoms with E-state index in [1.165, 1.54) is 32.1 Å². The molecule has 70 valence electrons. The van der Waals surface area contributed by atoms with Crippen molar-refractivity contribution < 1.29 is 0 Å². The summed E-state index contributed by atoms with van der Waals surface area (Å²) in [6.07, 6.45) is 6.78. The van der Waals surface area contributed by atoms with Gasteiger partial charge in [-0.3, -0.25) is 0 Å². The van der Waals surface area contributed by atoms with Gasteiger partial charge in [0.1, 0.15) is 0 Å². The molecule has 1 N–H and O–H groups in total. The third-order valence-corrected chi connectivity index (χ3v) is 3.07. The minimum absolute atomic E-state index is 0.502. The molecule has 0 aromatic carbocycles. The van der Waals surface area contributed by atoms with E-state index in [0.29, 0.717) is 12.0 Å². The zero-order valence-electron chi connectivity index (χ0n) is 8.10. The van der Waals surface area contributed by atoms with Gasteiger partial charge in [0, 0.05) is 12.0 Å². The number of rotatable bonds is 2. The molecule has 2 heteroatoms. The number of thiocarbonyl (C=S) groups is 1. The molecule has 0 aliphatic heterocycles. The summed E-state index contributed by atoms with van der Waals surface area (Å²) in [5.41, 5.74) is 0. The minimum atomic E-state index is 0.502. The Morgan fingerprint density at radius 2 is 1.83 bits per heavy atom. The van der Waals surface area contributed by atoms with Gasteiger partial charge in [-0.25, -0.2) is 0 Å². The molecule has 0 bridgehead atoms. The lowest BCUT2D eigenvalue weighted by atomic mass is 9.95. The van der Waals surface area contributed by atoms with Crippen LogP contribution in [0.5, 0.6) is 0 Å². The van der Waals surface area contributed by atoms with E-state index in [9.17, 15) is 0 Å². The van der Waals surface area contributed by atoms with Gasteiger partial charge in [-0.05, 0) is 12.8 Å². The second-order valence-electron chi connectivity index (χ2n) is 4.00. The zero-order valence-corrected chi connectivity index (χ0v) is 8.91. The van der Waals surface area contributed by atoms with E-state index in [2.05, 4.69) is 19.2 Å². The molecule has 0 aromatic rings. The molecule has 12 heavy (non-hydrogen) atoms. The van der Waals surface area contributed by atoms with Crippen molar-refractivity contribution in [1.29, 1.82) is 0 Å². The van der Waals surface area contributed by atoms with Crippen LogP contribution in [0.2, 0.25) is 0 Å². The van der Waals surface area contributed by atoms with Crippen molar-refractivity contribution in [3.05, 3.63) is 0 Å². The molecule has 0 aromatic heterocycles. The Hall–Kier alpha value is -0.110. The minimum Gasteiger partial charge on any atom is -0.377 e. The van der Waals surface area contributed by atoms with Gasteiger partial charge in [0.2, 0.25) is 0 Å². The summed E-state index contributed by atoms with van der Waals surface area (Å²) in [6, 6.07) is 0.675. The monoisotopic (exact) mass is 185 g/mol. The fraction of sp³-hybridized carbons (Fsp3) is 0.900. The first-order valence-electron chi connectivity index (χ1n) is 5.00. The van der Waals surface area contributed by atoms with Crippen molar-refractivity contribution in [1.82, 2.24) is 5.32 Å². The Labute approximate surface area is 80.9 Å². The molecule has 0 spiro atoms. The second-order valence-corrected chi connectivity index (χ2v) is 4.44. The van der Waals surface area contributed by atoms with Gasteiger partial charge in [-0.15, -0.1) is 0 Å². The Bertz CT molecular complexity index is 148. The standard InChI is InChI=1S/C10H19NS/c1-8(2)10(12)11-9-6-4-3-5-7-9/h8-9H,3-7H2,1-2H3,(H,11,12). The summed E-state index contributed by atoms with van der Waals surface area (Å²) < 4.78 is 0. The molecule has 0 saturated heterocycles. The van der Waals surface area contributed by atoms with Crippen LogP contribution >= 0.6 is 12.2 Å².